The number of hydrogen-bond donors (Lipinski definition) is 1. The summed E-state index contributed by atoms with van der Waals surface area (Å²) in [6, 6.07) is 11.5. The quantitative estimate of drug-likeness (QED) is 0.897. The van der Waals surface area contributed by atoms with Crippen molar-refractivity contribution in [1.82, 2.24) is 0 Å². The van der Waals surface area contributed by atoms with E-state index in [9.17, 15) is 16.8 Å². The van der Waals surface area contributed by atoms with Crippen LogP contribution < -0.4 is 9.46 Å². The summed E-state index contributed by atoms with van der Waals surface area (Å²) in [5.74, 6) is 0.540. The Morgan fingerprint density at radius 1 is 0.909 bits per heavy atom. The summed E-state index contributed by atoms with van der Waals surface area (Å²) in [5.41, 5.74) is 0.179. The molecule has 0 aliphatic carbocycles. The number of rotatable bonds is 5. The number of hydrogen-bond acceptors (Lipinski definition) is 5. The average Bonchev–Trinajstić information content (AvgIpc) is 2.46. The lowest BCUT2D eigenvalue weighted by molar-refractivity contribution is 0.414. The summed E-state index contributed by atoms with van der Waals surface area (Å²) in [4.78, 5) is 0.0977. The van der Waals surface area contributed by atoms with Gasteiger partial charge in [0.1, 0.15) is 5.75 Å². The van der Waals surface area contributed by atoms with E-state index in [1.165, 1.54) is 55.6 Å². The van der Waals surface area contributed by atoms with Gasteiger partial charge in [-0.2, -0.15) is 0 Å². The number of sulfone groups is 1. The summed E-state index contributed by atoms with van der Waals surface area (Å²) >= 11 is 0. The third-order valence-corrected chi connectivity index (χ3v) is 5.39. The molecule has 0 amide bonds. The molecule has 0 heterocycles. The molecule has 0 fully saturated rings. The second kappa shape index (κ2) is 5.98. The number of ether oxygens (including phenoxy) is 1. The van der Waals surface area contributed by atoms with Crippen molar-refractivity contribution in [2.75, 3.05) is 18.1 Å². The van der Waals surface area contributed by atoms with Crippen molar-refractivity contribution in [1.29, 1.82) is 0 Å². The van der Waals surface area contributed by atoms with Crippen LogP contribution in [0.1, 0.15) is 0 Å². The van der Waals surface area contributed by atoms with Crippen LogP contribution in [0.25, 0.3) is 0 Å². The molecule has 0 saturated heterocycles. The fraction of sp³-hybridized carbons (Fsp3) is 0.143. The van der Waals surface area contributed by atoms with E-state index in [4.69, 9.17) is 4.74 Å². The molecule has 0 aliphatic heterocycles. The maximum Gasteiger partial charge on any atom is 0.261 e. The topological polar surface area (TPSA) is 89.5 Å². The first kappa shape index (κ1) is 16.3. The molecule has 2 aromatic rings. The van der Waals surface area contributed by atoms with Crippen molar-refractivity contribution in [3.05, 3.63) is 48.5 Å². The van der Waals surface area contributed by atoms with Gasteiger partial charge >= 0.3 is 0 Å². The SMILES string of the molecule is COc1ccc(S(=O)(=O)Nc2cccc(S(C)(=O)=O)c2)cc1. The zero-order valence-electron chi connectivity index (χ0n) is 12.0. The maximum atomic E-state index is 12.3. The molecule has 0 aliphatic rings. The van der Waals surface area contributed by atoms with Gasteiger partial charge < -0.3 is 4.74 Å². The first-order valence-electron chi connectivity index (χ1n) is 6.19. The molecule has 0 spiro atoms. The molecular weight excluding hydrogens is 326 g/mol. The van der Waals surface area contributed by atoms with Crippen LogP contribution in [0.5, 0.6) is 5.75 Å². The van der Waals surface area contributed by atoms with E-state index in [0.29, 0.717) is 5.75 Å². The molecule has 8 heteroatoms. The van der Waals surface area contributed by atoms with E-state index in [-0.39, 0.29) is 15.5 Å². The van der Waals surface area contributed by atoms with Crippen molar-refractivity contribution >= 4 is 25.5 Å². The monoisotopic (exact) mass is 341 g/mol. The van der Waals surface area contributed by atoms with E-state index in [1.807, 2.05) is 0 Å². The maximum absolute atomic E-state index is 12.3. The van der Waals surface area contributed by atoms with Crippen LogP contribution in [-0.4, -0.2) is 30.2 Å². The Labute approximate surface area is 129 Å². The van der Waals surface area contributed by atoms with Crippen molar-refractivity contribution in [2.24, 2.45) is 0 Å². The Morgan fingerprint density at radius 3 is 2.09 bits per heavy atom. The Balaban J connectivity index is 2.32. The van der Waals surface area contributed by atoms with Gasteiger partial charge in [-0.05, 0) is 42.5 Å². The van der Waals surface area contributed by atoms with Gasteiger partial charge in [-0.1, -0.05) is 6.07 Å². The van der Waals surface area contributed by atoms with E-state index < -0.39 is 19.9 Å². The Morgan fingerprint density at radius 2 is 1.55 bits per heavy atom. The van der Waals surface area contributed by atoms with Crippen LogP contribution in [0.4, 0.5) is 5.69 Å². The lowest BCUT2D eigenvalue weighted by Gasteiger charge is -2.09. The van der Waals surface area contributed by atoms with Gasteiger partial charge in [-0.3, -0.25) is 4.72 Å². The summed E-state index contributed by atoms with van der Waals surface area (Å²) in [5, 5.41) is 0. The van der Waals surface area contributed by atoms with Gasteiger partial charge in [0, 0.05) is 6.26 Å². The zero-order valence-corrected chi connectivity index (χ0v) is 13.6. The molecule has 22 heavy (non-hydrogen) atoms. The normalized spacial score (nSPS) is 11.9. The Hall–Kier alpha value is -2.06. The molecule has 2 rings (SSSR count). The van der Waals surface area contributed by atoms with E-state index in [1.54, 1.807) is 0 Å². The second-order valence-corrected chi connectivity index (χ2v) is 8.28. The summed E-state index contributed by atoms with van der Waals surface area (Å²) in [6.45, 7) is 0. The lowest BCUT2D eigenvalue weighted by atomic mass is 10.3. The van der Waals surface area contributed by atoms with Crippen LogP contribution in [-0.2, 0) is 19.9 Å². The third kappa shape index (κ3) is 3.77. The first-order valence-corrected chi connectivity index (χ1v) is 9.57. The fourth-order valence-corrected chi connectivity index (χ4v) is 3.48. The number of nitrogens with one attached hydrogen (secondary N) is 1. The highest BCUT2D eigenvalue weighted by Crippen LogP contribution is 2.21. The molecule has 118 valence electrons. The molecule has 0 radical (unpaired) electrons. The predicted molar refractivity (Wildman–Crippen MR) is 83.4 cm³/mol. The summed E-state index contributed by atoms with van der Waals surface area (Å²) < 4.78 is 54.8. The van der Waals surface area contributed by atoms with Gasteiger partial charge in [0.2, 0.25) is 0 Å². The molecule has 0 bridgehead atoms. The van der Waals surface area contributed by atoms with Gasteiger partial charge in [0.15, 0.2) is 9.84 Å². The summed E-state index contributed by atoms with van der Waals surface area (Å²) in [7, 11) is -5.72. The lowest BCUT2D eigenvalue weighted by Crippen LogP contribution is -2.13. The van der Waals surface area contributed by atoms with Crippen LogP contribution in [0.2, 0.25) is 0 Å². The van der Waals surface area contributed by atoms with Gasteiger partial charge in [-0.15, -0.1) is 0 Å². The zero-order chi connectivity index (χ0) is 16.4. The highest BCUT2D eigenvalue weighted by Gasteiger charge is 2.15. The van der Waals surface area contributed by atoms with Crippen molar-refractivity contribution in [3.63, 3.8) is 0 Å². The molecule has 0 unspecified atom stereocenters. The van der Waals surface area contributed by atoms with E-state index >= 15 is 0 Å². The molecule has 0 saturated carbocycles. The highest BCUT2D eigenvalue weighted by atomic mass is 32.2. The van der Waals surface area contributed by atoms with E-state index in [2.05, 4.69) is 4.72 Å². The Bertz CT molecular complexity index is 872. The molecular formula is C14H15NO5S2. The van der Waals surface area contributed by atoms with Crippen molar-refractivity contribution in [2.45, 2.75) is 9.79 Å². The van der Waals surface area contributed by atoms with Crippen LogP contribution in [0, 0.1) is 0 Å². The van der Waals surface area contributed by atoms with Crippen molar-refractivity contribution < 1.29 is 21.6 Å². The number of anilines is 1. The molecule has 0 aromatic heterocycles. The number of sulfonamides is 1. The smallest absolute Gasteiger partial charge is 0.261 e. The van der Waals surface area contributed by atoms with Gasteiger partial charge in [-0.25, -0.2) is 16.8 Å². The standard InChI is InChI=1S/C14H15NO5S2/c1-20-12-6-8-13(9-7-12)22(18,19)15-11-4-3-5-14(10-11)21(2,16)17/h3-10,15H,1-2H3. The summed E-state index contributed by atoms with van der Waals surface area (Å²) in [6.07, 6.45) is 1.06. The molecule has 6 nitrogen and oxygen atoms in total. The second-order valence-electron chi connectivity index (χ2n) is 4.58. The molecule has 1 N–H and O–H groups in total. The minimum absolute atomic E-state index is 0.0439. The average molecular weight is 341 g/mol. The number of benzene rings is 2. The van der Waals surface area contributed by atoms with Crippen molar-refractivity contribution in [3.8, 4) is 5.75 Å². The molecule has 0 atom stereocenters. The fourth-order valence-electron chi connectivity index (χ4n) is 1.76. The minimum Gasteiger partial charge on any atom is -0.497 e. The van der Waals surface area contributed by atoms with Gasteiger partial charge in [0.05, 0.1) is 22.6 Å². The van der Waals surface area contributed by atoms with Crippen LogP contribution in [0.3, 0.4) is 0 Å². The Kier molecular flexibility index (Phi) is 4.43. The third-order valence-electron chi connectivity index (χ3n) is 2.88. The minimum atomic E-state index is -3.80. The highest BCUT2D eigenvalue weighted by molar-refractivity contribution is 7.92. The van der Waals surface area contributed by atoms with Crippen LogP contribution in [0.15, 0.2) is 58.3 Å². The largest absolute Gasteiger partial charge is 0.497 e. The molecule has 2 aromatic carbocycles. The van der Waals surface area contributed by atoms with Gasteiger partial charge in [0.25, 0.3) is 10.0 Å². The van der Waals surface area contributed by atoms with Crippen LogP contribution >= 0.6 is 0 Å². The number of methoxy groups -OCH3 is 1. The predicted octanol–water partition coefficient (Wildman–Crippen LogP) is 1.90. The van der Waals surface area contributed by atoms with E-state index in [0.717, 1.165) is 6.26 Å². The first-order chi connectivity index (χ1) is 10.2.